The Balaban J connectivity index is 1.53. The van der Waals surface area contributed by atoms with Gasteiger partial charge in [-0.3, -0.25) is 14.9 Å². The molecular weight excluding hydrogens is 512 g/mol. The lowest BCUT2D eigenvalue weighted by Gasteiger charge is -2.26. The van der Waals surface area contributed by atoms with Crippen molar-refractivity contribution in [2.24, 2.45) is 13.0 Å². The average Bonchev–Trinajstić information content (AvgIpc) is 3.23. The number of rotatable bonds is 10. The van der Waals surface area contributed by atoms with Crippen LogP contribution in [0.15, 0.2) is 35.3 Å². The lowest BCUT2D eigenvalue weighted by molar-refractivity contribution is -0.160. The number of aliphatic hydroxyl groups excluding tert-OH is 1. The third-order valence-corrected chi connectivity index (χ3v) is 7.00. The van der Waals surface area contributed by atoms with Gasteiger partial charge in [-0.2, -0.15) is 0 Å². The zero-order valence-electron chi connectivity index (χ0n) is 24.4. The van der Waals surface area contributed by atoms with E-state index in [1.807, 2.05) is 37.4 Å². The summed E-state index contributed by atoms with van der Waals surface area (Å²) in [7, 11) is 1.76. The predicted molar refractivity (Wildman–Crippen MR) is 154 cm³/mol. The first kappa shape index (κ1) is 29.8. The number of carbonyl (C=O) groups is 1. The van der Waals surface area contributed by atoms with E-state index >= 15 is 0 Å². The van der Waals surface area contributed by atoms with Crippen LogP contribution in [0.1, 0.15) is 46.1 Å². The average molecular weight is 555 g/mol. The first-order valence-electron chi connectivity index (χ1n) is 14.0. The highest BCUT2D eigenvalue weighted by Gasteiger charge is 2.28. The number of hydrogen-bond acceptors (Lipinski definition) is 8. The number of nitrogens with zero attached hydrogens (tertiary/aromatic N) is 3. The summed E-state index contributed by atoms with van der Waals surface area (Å²) in [6.45, 7) is 11.7. The van der Waals surface area contributed by atoms with Gasteiger partial charge in [-0.1, -0.05) is 0 Å². The van der Waals surface area contributed by atoms with E-state index in [2.05, 4.69) is 9.88 Å². The fourth-order valence-electron chi connectivity index (χ4n) is 4.99. The van der Waals surface area contributed by atoms with E-state index in [1.54, 1.807) is 39.3 Å². The van der Waals surface area contributed by atoms with Gasteiger partial charge in [-0.15, -0.1) is 0 Å². The lowest BCUT2D eigenvalue weighted by atomic mass is 10.00. The van der Waals surface area contributed by atoms with Crippen LogP contribution in [0.2, 0.25) is 0 Å². The maximum atomic E-state index is 12.4. The summed E-state index contributed by atoms with van der Waals surface area (Å²) < 4.78 is 20.8. The van der Waals surface area contributed by atoms with Gasteiger partial charge in [0.1, 0.15) is 29.8 Å². The Morgan fingerprint density at radius 3 is 2.62 bits per heavy atom. The molecule has 1 aromatic carbocycles. The molecule has 0 amide bonds. The first-order valence-corrected chi connectivity index (χ1v) is 14.0. The maximum Gasteiger partial charge on any atom is 0.326 e. The molecule has 1 aliphatic rings. The van der Waals surface area contributed by atoms with Crippen LogP contribution in [-0.4, -0.2) is 69.3 Å². The smallest absolute Gasteiger partial charge is 0.326 e. The Morgan fingerprint density at radius 1 is 1.25 bits per heavy atom. The van der Waals surface area contributed by atoms with Crippen molar-refractivity contribution in [3.05, 3.63) is 46.4 Å². The number of fused-ring (bicyclic) bond motifs is 1. The summed E-state index contributed by atoms with van der Waals surface area (Å²) >= 11 is 0. The predicted octanol–water partition coefficient (Wildman–Crippen LogP) is 3.20. The lowest BCUT2D eigenvalue weighted by Crippen LogP contribution is -2.48. The Labute approximate surface area is 235 Å². The van der Waals surface area contributed by atoms with Gasteiger partial charge in [0.2, 0.25) is 0 Å². The van der Waals surface area contributed by atoms with Crippen molar-refractivity contribution in [2.45, 2.75) is 71.8 Å². The van der Waals surface area contributed by atoms with E-state index in [-0.39, 0.29) is 12.2 Å². The molecule has 1 saturated heterocycles. The summed E-state index contributed by atoms with van der Waals surface area (Å²) in [4.78, 5) is 29.8. The molecule has 1 fully saturated rings. The van der Waals surface area contributed by atoms with Gasteiger partial charge in [-0.05, 0) is 71.6 Å². The molecule has 2 aromatic heterocycles. The van der Waals surface area contributed by atoms with Gasteiger partial charge in [0.25, 0.3) is 5.56 Å². The highest BCUT2D eigenvalue weighted by Crippen LogP contribution is 2.30. The zero-order chi connectivity index (χ0) is 29.0. The SMILES string of the molecule is Cc1cc(-c2nc3cc(OCCN[C@H](C(=O)OC(C)(C)C)[C@@H](C)O)ccc3n2CC2CCOCC2)cn(C)c1=O. The Morgan fingerprint density at radius 2 is 1.98 bits per heavy atom. The molecule has 40 heavy (non-hydrogen) atoms. The van der Waals surface area contributed by atoms with Gasteiger partial charge in [-0.25, -0.2) is 4.98 Å². The van der Waals surface area contributed by atoms with Crippen LogP contribution in [0, 0.1) is 12.8 Å². The number of esters is 1. The number of carbonyl (C=O) groups excluding carboxylic acids is 1. The number of pyridine rings is 1. The van der Waals surface area contributed by atoms with Crippen molar-refractivity contribution in [1.82, 2.24) is 19.4 Å². The molecule has 1 aliphatic heterocycles. The van der Waals surface area contributed by atoms with Gasteiger partial charge >= 0.3 is 5.97 Å². The van der Waals surface area contributed by atoms with Crippen molar-refractivity contribution in [1.29, 1.82) is 0 Å². The molecule has 218 valence electrons. The van der Waals surface area contributed by atoms with E-state index < -0.39 is 23.7 Å². The van der Waals surface area contributed by atoms with Crippen LogP contribution >= 0.6 is 0 Å². The molecule has 0 aliphatic carbocycles. The Kier molecular flexibility index (Phi) is 9.33. The van der Waals surface area contributed by atoms with Crippen LogP contribution in [0.25, 0.3) is 22.4 Å². The minimum absolute atomic E-state index is 0.0235. The Hall–Kier alpha value is -3.21. The third-order valence-electron chi connectivity index (χ3n) is 7.00. The second-order valence-electron chi connectivity index (χ2n) is 11.6. The van der Waals surface area contributed by atoms with Gasteiger partial charge < -0.3 is 28.5 Å². The number of nitrogens with one attached hydrogen (secondary N) is 1. The molecule has 0 unspecified atom stereocenters. The van der Waals surface area contributed by atoms with E-state index in [9.17, 15) is 14.7 Å². The van der Waals surface area contributed by atoms with Crippen LogP contribution in [-0.2, 0) is 27.9 Å². The molecule has 2 atom stereocenters. The molecule has 3 heterocycles. The summed E-state index contributed by atoms with van der Waals surface area (Å²) in [5.74, 6) is 1.45. The number of imidazole rings is 1. The fourth-order valence-corrected chi connectivity index (χ4v) is 4.99. The molecular formula is C30H42N4O6. The molecule has 10 nitrogen and oxygen atoms in total. The number of benzene rings is 1. The van der Waals surface area contributed by atoms with Crippen molar-refractivity contribution in [3.8, 4) is 17.1 Å². The maximum absolute atomic E-state index is 12.4. The molecule has 3 aromatic rings. The number of hydrogen-bond donors (Lipinski definition) is 2. The minimum atomic E-state index is -0.912. The Bertz CT molecular complexity index is 1360. The van der Waals surface area contributed by atoms with Crippen LogP contribution < -0.4 is 15.6 Å². The highest BCUT2D eigenvalue weighted by molar-refractivity contribution is 5.82. The van der Waals surface area contributed by atoms with Crippen LogP contribution in [0.3, 0.4) is 0 Å². The van der Waals surface area contributed by atoms with Gasteiger partial charge in [0.05, 0.1) is 17.1 Å². The quantitative estimate of drug-likeness (QED) is 0.290. The highest BCUT2D eigenvalue weighted by atomic mass is 16.6. The van der Waals surface area contributed by atoms with E-state index in [4.69, 9.17) is 19.2 Å². The topological polar surface area (TPSA) is 117 Å². The molecule has 0 saturated carbocycles. The van der Waals surface area contributed by atoms with Crippen molar-refractivity contribution in [3.63, 3.8) is 0 Å². The zero-order valence-corrected chi connectivity index (χ0v) is 24.4. The number of aromatic nitrogens is 3. The number of aryl methyl sites for hydroxylation is 2. The van der Waals surface area contributed by atoms with Crippen molar-refractivity contribution < 1.29 is 24.1 Å². The van der Waals surface area contributed by atoms with Crippen LogP contribution in [0.4, 0.5) is 0 Å². The normalized spacial score (nSPS) is 16.2. The first-order chi connectivity index (χ1) is 18.9. The molecule has 0 spiro atoms. The van der Waals surface area contributed by atoms with Gasteiger partial charge in [0.15, 0.2) is 0 Å². The van der Waals surface area contributed by atoms with Crippen molar-refractivity contribution >= 4 is 17.0 Å². The second-order valence-corrected chi connectivity index (χ2v) is 11.6. The molecule has 10 heteroatoms. The summed E-state index contributed by atoms with van der Waals surface area (Å²) in [5.41, 5.74) is 2.69. The third kappa shape index (κ3) is 7.30. The van der Waals surface area contributed by atoms with Crippen LogP contribution in [0.5, 0.6) is 5.75 Å². The molecule has 2 N–H and O–H groups in total. The fraction of sp³-hybridized carbons (Fsp3) is 0.567. The monoisotopic (exact) mass is 554 g/mol. The standard InChI is InChI=1S/C30H42N4O6/c1-19-15-22(18-33(6)28(19)36)27-32-24-16-23(7-8-25(24)34(27)17-21-9-12-38-13-10-21)39-14-11-31-26(20(2)35)29(37)40-30(3,4)5/h7-8,15-16,18,20-21,26,31,35H,9-14,17H2,1-6H3/t20-,26+/m1/s1. The van der Waals surface area contributed by atoms with E-state index in [0.29, 0.717) is 23.8 Å². The number of aliphatic hydroxyl groups is 1. The van der Waals surface area contributed by atoms with Crippen molar-refractivity contribution in [2.75, 3.05) is 26.4 Å². The minimum Gasteiger partial charge on any atom is -0.492 e. The molecule has 0 radical (unpaired) electrons. The molecule has 0 bridgehead atoms. The van der Waals surface area contributed by atoms with E-state index in [0.717, 1.165) is 55.0 Å². The summed E-state index contributed by atoms with van der Waals surface area (Å²) in [5, 5.41) is 13.1. The molecule has 4 rings (SSSR count). The number of ether oxygens (including phenoxy) is 3. The van der Waals surface area contributed by atoms with E-state index in [1.165, 1.54) is 0 Å². The largest absolute Gasteiger partial charge is 0.492 e. The summed E-state index contributed by atoms with van der Waals surface area (Å²) in [6.07, 6.45) is 2.92. The second kappa shape index (κ2) is 12.5. The van der Waals surface area contributed by atoms with Gasteiger partial charge in [0, 0.05) is 56.7 Å². The summed E-state index contributed by atoms with van der Waals surface area (Å²) in [6, 6.07) is 6.89.